The third-order valence-electron chi connectivity index (χ3n) is 2.22. The molecule has 0 aliphatic heterocycles. The summed E-state index contributed by atoms with van der Waals surface area (Å²) < 4.78 is 2.16. The molecule has 0 aromatic carbocycles. The van der Waals surface area contributed by atoms with E-state index in [1.54, 1.807) is 0 Å². The fourth-order valence-corrected chi connectivity index (χ4v) is 1.47. The molecule has 2 N–H and O–H groups in total. The molecule has 1 heterocycles. The Morgan fingerprint density at radius 3 is 2.71 bits per heavy atom. The molecule has 1 atom stereocenters. The highest BCUT2D eigenvalue weighted by atomic mass is 15.0. The number of hydrogen-bond acceptors (Lipinski definition) is 2. The number of aromatic nitrogens is 2. The second-order valence-electron chi connectivity index (χ2n) is 4.50. The molecule has 0 aliphatic rings. The average Bonchev–Trinajstić information content (AvgIpc) is 2.51. The molecule has 1 aromatic rings. The first-order valence-electron chi connectivity index (χ1n) is 5.32. The third-order valence-corrected chi connectivity index (χ3v) is 2.22. The Morgan fingerprint density at radius 2 is 2.14 bits per heavy atom. The van der Waals surface area contributed by atoms with Gasteiger partial charge in [-0.25, -0.2) is 4.98 Å². The average molecular weight is 195 g/mol. The highest BCUT2D eigenvalue weighted by Gasteiger charge is 2.04. The summed E-state index contributed by atoms with van der Waals surface area (Å²) >= 11 is 0. The maximum Gasteiger partial charge on any atom is 0.0949 e. The third kappa shape index (κ3) is 3.50. The van der Waals surface area contributed by atoms with Crippen LogP contribution in [0.5, 0.6) is 0 Å². The molecule has 80 valence electrons. The molecule has 0 fully saturated rings. The lowest BCUT2D eigenvalue weighted by Crippen LogP contribution is -2.13. The molecule has 1 unspecified atom stereocenters. The monoisotopic (exact) mass is 195 g/mol. The van der Waals surface area contributed by atoms with Crippen molar-refractivity contribution in [2.45, 2.75) is 33.7 Å². The number of hydrogen-bond donors (Lipinski definition) is 1. The van der Waals surface area contributed by atoms with E-state index in [4.69, 9.17) is 5.73 Å². The highest BCUT2D eigenvalue weighted by Crippen LogP contribution is 2.06. The van der Waals surface area contributed by atoms with Crippen LogP contribution in [0.4, 0.5) is 0 Å². The van der Waals surface area contributed by atoms with Crippen molar-refractivity contribution in [1.29, 1.82) is 0 Å². The molecular weight excluding hydrogens is 174 g/mol. The van der Waals surface area contributed by atoms with Crippen LogP contribution in [0.25, 0.3) is 0 Å². The minimum atomic E-state index is 0.525. The van der Waals surface area contributed by atoms with Gasteiger partial charge < -0.3 is 10.3 Å². The van der Waals surface area contributed by atoms with Crippen LogP contribution < -0.4 is 5.73 Å². The van der Waals surface area contributed by atoms with Gasteiger partial charge in [0.1, 0.15) is 0 Å². The van der Waals surface area contributed by atoms with Gasteiger partial charge in [0.2, 0.25) is 0 Å². The van der Waals surface area contributed by atoms with Crippen molar-refractivity contribution >= 4 is 0 Å². The van der Waals surface area contributed by atoms with Gasteiger partial charge in [-0.15, -0.1) is 0 Å². The predicted molar refractivity (Wildman–Crippen MR) is 59.0 cm³/mol. The summed E-state index contributed by atoms with van der Waals surface area (Å²) in [4.78, 5) is 4.36. The van der Waals surface area contributed by atoms with E-state index in [1.807, 2.05) is 6.33 Å². The van der Waals surface area contributed by atoms with Crippen LogP contribution in [-0.2, 0) is 13.0 Å². The molecule has 0 amide bonds. The van der Waals surface area contributed by atoms with Gasteiger partial charge >= 0.3 is 0 Å². The maximum absolute atomic E-state index is 5.57. The zero-order chi connectivity index (χ0) is 10.6. The van der Waals surface area contributed by atoms with Crippen molar-refractivity contribution in [2.24, 2.45) is 17.6 Å². The van der Waals surface area contributed by atoms with E-state index in [1.165, 1.54) is 0 Å². The predicted octanol–water partition coefficient (Wildman–Crippen LogP) is 1.68. The quantitative estimate of drug-likeness (QED) is 0.776. The fraction of sp³-hybridized carbons (Fsp3) is 0.727. The van der Waals surface area contributed by atoms with Gasteiger partial charge in [-0.05, 0) is 24.8 Å². The standard InChI is InChI=1S/C11H21N3/c1-9(2)6-14-7-11(13-8-14)4-10(3)5-12/h7-10H,4-6,12H2,1-3H3. The highest BCUT2D eigenvalue weighted by molar-refractivity contribution is 4.98. The van der Waals surface area contributed by atoms with Crippen molar-refractivity contribution in [2.75, 3.05) is 6.54 Å². The summed E-state index contributed by atoms with van der Waals surface area (Å²) in [6.45, 7) is 8.35. The lowest BCUT2D eigenvalue weighted by atomic mass is 10.1. The van der Waals surface area contributed by atoms with Crippen LogP contribution in [0.15, 0.2) is 12.5 Å². The van der Waals surface area contributed by atoms with E-state index in [-0.39, 0.29) is 0 Å². The van der Waals surface area contributed by atoms with Gasteiger partial charge in [0.05, 0.1) is 12.0 Å². The second-order valence-corrected chi connectivity index (χ2v) is 4.50. The lowest BCUT2D eigenvalue weighted by Gasteiger charge is -2.05. The zero-order valence-corrected chi connectivity index (χ0v) is 9.40. The molecule has 0 aliphatic carbocycles. The Kier molecular flexibility index (Phi) is 4.14. The first kappa shape index (κ1) is 11.2. The Balaban J connectivity index is 2.50. The molecule has 0 spiro atoms. The normalized spacial score (nSPS) is 13.5. The second kappa shape index (κ2) is 5.15. The van der Waals surface area contributed by atoms with Crippen LogP contribution in [-0.4, -0.2) is 16.1 Å². The van der Waals surface area contributed by atoms with Crippen molar-refractivity contribution in [3.63, 3.8) is 0 Å². The van der Waals surface area contributed by atoms with Crippen LogP contribution in [0, 0.1) is 11.8 Å². The largest absolute Gasteiger partial charge is 0.337 e. The number of imidazole rings is 1. The van der Waals surface area contributed by atoms with Gasteiger partial charge in [0, 0.05) is 12.7 Å². The van der Waals surface area contributed by atoms with E-state index in [0.29, 0.717) is 11.8 Å². The number of rotatable bonds is 5. The molecular formula is C11H21N3. The number of nitrogens with zero attached hydrogens (tertiary/aromatic N) is 2. The van der Waals surface area contributed by atoms with Gasteiger partial charge in [-0.3, -0.25) is 0 Å². The van der Waals surface area contributed by atoms with Crippen LogP contribution in [0.2, 0.25) is 0 Å². The summed E-state index contributed by atoms with van der Waals surface area (Å²) in [5, 5.41) is 0. The Labute approximate surface area is 86.3 Å². The Hall–Kier alpha value is -0.830. The molecule has 3 nitrogen and oxygen atoms in total. The van der Waals surface area contributed by atoms with Crippen LogP contribution >= 0.6 is 0 Å². The molecule has 3 heteroatoms. The molecule has 0 saturated carbocycles. The molecule has 0 saturated heterocycles. The summed E-state index contributed by atoms with van der Waals surface area (Å²) in [6.07, 6.45) is 5.03. The first-order chi connectivity index (χ1) is 6.61. The first-order valence-corrected chi connectivity index (χ1v) is 5.32. The van der Waals surface area contributed by atoms with E-state index >= 15 is 0 Å². The molecule has 1 aromatic heterocycles. The fourth-order valence-electron chi connectivity index (χ4n) is 1.47. The summed E-state index contributed by atoms with van der Waals surface area (Å²) in [7, 11) is 0. The molecule has 14 heavy (non-hydrogen) atoms. The molecule has 1 rings (SSSR count). The van der Waals surface area contributed by atoms with E-state index in [9.17, 15) is 0 Å². The Bertz CT molecular complexity index is 265. The van der Waals surface area contributed by atoms with E-state index < -0.39 is 0 Å². The van der Waals surface area contributed by atoms with Crippen LogP contribution in [0.3, 0.4) is 0 Å². The SMILES string of the molecule is CC(C)Cn1cnc(CC(C)CN)c1. The lowest BCUT2D eigenvalue weighted by molar-refractivity contribution is 0.521. The van der Waals surface area contributed by atoms with Crippen molar-refractivity contribution in [3.8, 4) is 0 Å². The topological polar surface area (TPSA) is 43.8 Å². The Morgan fingerprint density at radius 1 is 1.43 bits per heavy atom. The number of nitrogens with two attached hydrogens (primary N) is 1. The van der Waals surface area contributed by atoms with E-state index in [0.717, 1.165) is 25.2 Å². The maximum atomic E-state index is 5.57. The minimum absolute atomic E-state index is 0.525. The minimum Gasteiger partial charge on any atom is -0.337 e. The van der Waals surface area contributed by atoms with Crippen molar-refractivity contribution < 1.29 is 0 Å². The molecule has 0 radical (unpaired) electrons. The summed E-state index contributed by atoms with van der Waals surface area (Å²) in [6, 6.07) is 0. The molecule has 0 bridgehead atoms. The summed E-state index contributed by atoms with van der Waals surface area (Å²) in [5.74, 6) is 1.20. The van der Waals surface area contributed by atoms with Gasteiger partial charge in [0.25, 0.3) is 0 Å². The van der Waals surface area contributed by atoms with E-state index in [2.05, 4.69) is 36.5 Å². The van der Waals surface area contributed by atoms with Gasteiger partial charge in [0.15, 0.2) is 0 Å². The van der Waals surface area contributed by atoms with Gasteiger partial charge in [-0.2, -0.15) is 0 Å². The van der Waals surface area contributed by atoms with Crippen molar-refractivity contribution in [3.05, 3.63) is 18.2 Å². The van der Waals surface area contributed by atoms with Crippen LogP contribution in [0.1, 0.15) is 26.5 Å². The zero-order valence-electron chi connectivity index (χ0n) is 9.40. The smallest absolute Gasteiger partial charge is 0.0949 e. The summed E-state index contributed by atoms with van der Waals surface area (Å²) in [5.41, 5.74) is 6.73. The van der Waals surface area contributed by atoms with Gasteiger partial charge in [-0.1, -0.05) is 20.8 Å². The van der Waals surface area contributed by atoms with Crippen molar-refractivity contribution in [1.82, 2.24) is 9.55 Å².